The third kappa shape index (κ3) is 3.43. The lowest BCUT2D eigenvalue weighted by Gasteiger charge is -2.35. The van der Waals surface area contributed by atoms with Crippen LogP contribution in [0.4, 0.5) is 10.2 Å². The molecule has 4 rings (SSSR count). The topological polar surface area (TPSA) is 40.9 Å². The first kappa shape index (κ1) is 17.0. The Bertz CT molecular complexity index is 998. The first-order chi connectivity index (χ1) is 12.6. The normalized spacial score (nSPS) is 15.5. The summed E-state index contributed by atoms with van der Waals surface area (Å²) in [5.41, 5.74) is 1.49. The second-order valence-corrected chi connectivity index (χ2v) is 6.79. The Morgan fingerprint density at radius 3 is 2.65 bits per heavy atom. The Morgan fingerprint density at radius 1 is 1.08 bits per heavy atom. The molecular formula is C19H18ClFN4O. The number of piperazine rings is 1. The van der Waals surface area contributed by atoms with Crippen molar-refractivity contribution in [1.82, 2.24) is 14.3 Å². The number of anilines is 1. The maximum atomic E-state index is 13.2. The molecule has 26 heavy (non-hydrogen) atoms. The molecule has 0 unspecified atom stereocenters. The van der Waals surface area contributed by atoms with E-state index in [1.165, 1.54) is 16.5 Å². The van der Waals surface area contributed by atoms with Crippen molar-refractivity contribution in [3.63, 3.8) is 0 Å². The number of fused-ring (bicyclic) bond motifs is 1. The van der Waals surface area contributed by atoms with Crippen LogP contribution in [0.25, 0.3) is 5.65 Å². The Labute approximate surface area is 155 Å². The van der Waals surface area contributed by atoms with Crippen LogP contribution in [-0.2, 0) is 6.54 Å². The molecule has 3 heterocycles. The summed E-state index contributed by atoms with van der Waals surface area (Å²) >= 11 is 6.12. The molecule has 0 radical (unpaired) electrons. The van der Waals surface area contributed by atoms with E-state index in [-0.39, 0.29) is 11.4 Å². The molecule has 1 aliphatic heterocycles. The number of halogens is 2. The number of hydrogen-bond donors (Lipinski definition) is 0. The van der Waals surface area contributed by atoms with Crippen LogP contribution in [0.15, 0.2) is 53.5 Å². The van der Waals surface area contributed by atoms with Crippen LogP contribution >= 0.6 is 11.6 Å². The van der Waals surface area contributed by atoms with Crippen LogP contribution in [0, 0.1) is 5.82 Å². The van der Waals surface area contributed by atoms with Gasteiger partial charge in [-0.05, 0) is 29.8 Å². The van der Waals surface area contributed by atoms with E-state index in [0.717, 1.165) is 31.7 Å². The molecule has 2 aromatic heterocycles. The molecule has 0 saturated carbocycles. The van der Waals surface area contributed by atoms with Crippen LogP contribution in [0.5, 0.6) is 0 Å². The molecule has 0 spiro atoms. The Hall–Kier alpha value is -2.44. The summed E-state index contributed by atoms with van der Waals surface area (Å²) in [7, 11) is 0. The van der Waals surface area contributed by atoms with E-state index in [1.807, 2.05) is 18.2 Å². The maximum absolute atomic E-state index is 13.2. The van der Waals surface area contributed by atoms with E-state index in [2.05, 4.69) is 14.8 Å². The third-order valence-corrected chi connectivity index (χ3v) is 5.01. The molecule has 1 saturated heterocycles. The predicted octanol–water partition coefficient (Wildman–Crippen LogP) is 2.81. The number of nitrogens with zero attached hydrogens (tertiary/aromatic N) is 4. The molecular weight excluding hydrogens is 355 g/mol. The van der Waals surface area contributed by atoms with E-state index in [1.54, 1.807) is 18.3 Å². The van der Waals surface area contributed by atoms with E-state index >= 15 is 0 Å². The highest BCUT2D eigenvalue weighted by molar-refractivity contribution is 6.31. The van der Waals surface area contributed by atoms with Crippen LogP contribution in [0.3, 0.4) is 0 Å². The SMILES string of the molecule is O=c1cc(N2CCN(Cc3ccc(F)cc3Cl)CC2)nc2ccccn12. The minimum absolute atomic E-state index is 0.0777. The van der Waals surface area contributed by atoms with Gasteiger partial charge in [0.2, 0.25) is 0 Å². The van der Waals surface area contributed by atoms with Crippen molar-refractivity contribution in [3.8, 4) is 0 Å². The summed E-state index contributed by atoms with van der Waals surface area (Å²) < 4.78 is 14.7. The van der Waals surface area contributed by atoms with Gasteiger partial charge >= 0.3 is 0 Å². The second kappa shape index (κ2) is 7.05. The highest BCUT2D eigenvalue weighted by Gasteiger charge is 2.19. The van der Waals surface area contributed by atoms with Gasteiger partial charge in [0.05, 0.1) is 0 Å². The van der Waals surface area contributed by atoms with Crippen molar-refractivity contribution in [2.45, 2.75) is 6.54 Å². The molecule has 1 aliphatic rings. The summed E-state index contributed by atoms with van der Waals surface area (Å²) in [6, 6.07) is 11.6. The van der Waals surface area contributed by atoms with Gasteiger partial charge in [-0.25, -0.2) is 9.37 Å². The summed E-state index contributed by atoms with van der Waals surface area (Å²) in [4.78, 5) is 21.2. The fraction of sp³-hybridized carbons (Fsp3) is 0.263. The van der Waals surface area contributed by atoms with Crippen LogP contribution in [0.1, 0.15) is 5.56 Å². The van der Waals surface area contributed by atoms with Gasteiger partial charge in [-0.15, -0.1) is 0 Å². The first-order valence-corrected chi connectivity index (χ1v) is 8.88. The van der Waals surface area contributed by atoms with Crippen molar-refractivity contribution in [2.75, 3.05) is 31.1 Å². The van der Waals surface area contributed by atoms with Crippen molar-refractivity contribution >= 4 is 23.1 Å². The lowest BCUT2D eigenvalue weighted by Crippen LogP contribution is -2.46. The average molecular weight is 373 g/mol. The second-order valence-electron chi connectivity index (χ2n) is 6.38. The maximum Gasteiger partial charge on any atom is 0.259 e. The molecule has 5 nitrogen and oxygen atoms in total. The lowest BCUT2D eigenvalue weighted by atomic mass is 10.2. The molecule has 1 aromatic carbocycles. The zero-order chi connectivity index (χ0) is 18.1. The van der Waals surface area contributed by atoms with Gasteiger partial charge in [-0.3, -0.25) is 14.1 Å². The van der Waals surface area contributed by atoms with Gasteiger partial charge in [-0.2, -0.15) is 0 Å². The van der Waals surface area contributed by atoms with Gasteiger partial charge in [0.1, 0.15) is 17.3 Å². The lowest BCUT2D eigenvalue weighted by molar-refractivity contribution is 0.249. The molecule has 0 bridgehead atoms. The summed E-state index contributed by atoms with van der Waals surface area (Å²) in [6.07, 6.45) is 1.72. The van der Waals surface area contributed by atoms with Crippen LogP contribution < -0.4 is 10.5 Å². The fourth-order valence-corrected chi connectivity index (χ4v) is 3.46. The molecule has 0 amide bonds. The molecule has 3 aromatic rings. The third-order valence-electron chi connectivity index (χ3n) is 4.66. The molecule has 1 fully saturated rings. The number of pyridine rings is 1. The minimum atomic E-state index is -0.322. The van der Waals surface area contributed by atoms with Crippen LogP contribution in [0.2, 0.25) is 5.02 Å². The van der Waals surface area contributed by atoms with Crippen molar-refractivity contribution in [1.29, 1.82) is 0 Å². The van der Waals surface area contributed by atoms with Gasteiger partial charge in [-0.1, -0.05) is 23.7 Å². The molecule has 0 N–H and O–H groups in total. The predicted molar refractivity (Wildman–Crippen MR) is 100 cm³/mol. The van der Waals surface area contributed by atoms with Gasteiger partial charge in [0.15, 0.2) is 0 Å². The molecule has 0 aliphatic carbocycles. The zero-order valence-electron chi connectivity index (χ0n) is 14.1. The highest BCUT2D eigenvalue weighted by Crippen LogP contribution is 2.20. The van der Waals surface area contributed by atoms with Crippen molar-refractivity contribution < 1.29 is 4.39 Å². The average Bonchev–Trinajstić information content (AvgIpc) is 2.65. The smallest absolute Gasteiger partial charge is 0.259 e. The van der Waals surface area contributed by atoms with Gasteiger partial charge < -0.3 is 4.90 Å². The van der Waals surface area contributed by atoms with Gasteiger partial charge in [0.25, 0.3) is 5.56 Å². The van der Waals surface area contributed by atoms with E-state index in [0.29, 0.717) is 23.0 Å². The van der Waals surface area contributed by atoms with Crippen molar-refractivity contribution in [2.24, 2.45) is 0 Å². The van der Waals surface area contributed by atoms with E-state index in [9.17, 15) is 9.18 Å². The number of benzene rings is 1. The number of aromatic nitrogens is 2. The quantitative estimate of drug-likeness (QED) is 0.709. The Balaban J connectivity index is 1.46. The summed E-state index contributed by atoms with van der Waals surface area (Å²) in [5, 5.41) is 0.455. The summed E-state index contributed by atoms with van der Waals surface area (Å²) in [5.74, 6) is 0.387. The number of hydrogen-bond acceptors (Lipinski definition) is 4. The van der Waals surface area contributed by atoms with Crippen LogP contribution in [-0.4, -0.2) is 40.5 Å². The zero-order valence-corrected chi connectivity index (χ0v) is 14.9. The van der Waals surface area contributed by atoms with E-state index in [4.69, 9.17) is 11.6 Å². The minimum Gasteiger partial charge on any atom is -0.354 e. The molecule has 0 atom stereocenters. The van der Waals surface area contributed by atoms with Gasteiger partial charge in [0, 0.05) is 50.0 Å². The van der Waals surface area contributed by atoms with Crippen molar-refractivity contribution in [3.05, 3.63) is 75.4 Å². The highest BCUT2D eigenvalue weighted by atomic mass is 35.5. The standard InChI is InChI=1S/C19H18ClFN4O/c20-16-11-15(21)5-4-14(16)13-23-7-9-24(10-8-23)18-12-19(26)25-6-2-1-3-17(25)22-18/h1-6,11-12H,7-10,13H2. The summed E-state index contributed by atoms with van der Waals surface area (Å²) in [6.45, 7) is 3.87. The first-order valence-electron chi connectivity index (χ1n) is 8.50. The largest absolute Gasteiger partial charge is 0.354 e. The monoisotopic (exact) mass is 372 g/mol. The Kier molecular flexibility index (Phi) is 4.61. The molecule has 134 valence electrons. The fourth-order valence-electron chi connectivity index (χ4n) is 3.23. The number of rotatable bonds is 3. The van der Waals surface area contributed by atoms with E-state index < -0.39 is 0 Å². The molecule has 7 heteroatoms. The Morgan fingerprint density at radius 2 is 1.88 bits per heavy atom.